The molecule has 1 amide bonds. The van der Waals surface area contributed by atoms with E-state index in [1.807, 2.05) is 6.92 Å². The molecule has 0 aliphatic carbocycles. The molecule has 0 saturated heterocycles. The number of aromatic nitrogens is 2. The molecule has 1 rings (SSSR count). The van der Waals surface area contributed by atoms with Crippen molar-refractivity contribution in [3.8, 4) is 0 Å². The van der Waals surface area contributed by atoms with Crippen molar-refractivity contribution in [2.75, 3.05) is 6.54 Å². The number of aliphatic hydroxyl groups is 1. The van der Waals surface area contributed by atoms with Gasteiger partial charge in [-0.15, -0.1) is 0 Å². The van der Waals surface area contributed by atoms with Crippen LogP contribution >= 0.6 is 0 Å². The van der Waals surface area contributed by atoms with Crippen LogP contribution in [-0.2, 0) is 17.6 Å². The first kappa shape index (κ1) is 13.6. The van der Waals surface area contributed by atoms with Crippen molar-refractivity contribution in [2.45, 2.75) is 45.6 Å². The van der Waals surface area contributed by atoms with Gasteiger partial charge in [0.05, 0.1) is 6.10 Å². The van der Waals surface area contributed by atoms with Gasteiger partial charge in [0.2, 0.25) is 11.8 Å². The summed E-state index contributed by atoms with van der Waals surface area (Å²) in [6, 6.07) is 0. The van der Waals surface area contributed by atoms with Gasteiger partial charge in [0.25, 0.3) is 0 Å². The van der Waals surface area contributed by atoms with Gasteiger partial charge < -0.3 is 14.9 Å². The number of hydrogen-bond donors (Lipinski definition) is 2. The molecule has 0 fully saturated rings. The number of amides is 1. The molecule has 0 saturated carbocycles. The van der Waals surface area contributed by atoms with Crippen LogP contribution in [0.1, 0.15) is 38.4 Å². The molecule has 0 spiro atoms. The molecule has 6 nitrogen and oxygen atoms in total. The maximum absolute atomic E-state index is 11.3. The minimum atomic E-state index is -0.529. The lowest BCUT2D eigenvalue weighted by atomic mass is 10.3. The van der Waals surface area contributed by atoms with Crippen LogP contribution in [0, 0.1) is 0 Å². The van der Waals surface area contributed by atoms with E-state index in [9.17, 15) is 4.79 Å². The standard InChI is InChI=1S/C11H19N3O3/c1-3-4-9-13-11(17-14-9)6-5-10(16)12-7-8(2)15/h8,15H,3-7H2,1-2H3,(H,12,16). The molecule has 0 aromatic carbocycles. The van der Waals surface area contributed by atoms with Crippen LogP contribution in [0.25, 0.3) is 0 Å². The number of aryl methyl sites for hydroxylation is 2. The molecular formula is C11H19N3O3. The highest BCUT2D eigenvalue weighted by atomic mass is 16.5. The van der Waals surface area contributed by atoms with E-state index in [2.05, 4.69) is 15.5 Å². The van der Waals surface area contributed by atoms with E-state index in [1.165, 1.54) is 0 Å². The second-order valence-corrected chi connectivity index (χ2v) is 4.01. The Morgan fingerprint density at radius 1 is 1.53 bits per heavy atom. The van der Waals surface area contributed by atoms with E-state index < -0.39 is 6.10 Å². The lowest BCUT2D eigenvalue weighted by Gasteiger charge is -2.05. The van der Waals surface area contributed by atoms with E-state index in [-0.39, 0.29) is 12.5 Å². The first-order chi connectivity index (χ1) is 8.11. The average Bonchev–Trinajstić information content (AvgIpc) is 2.72. The van der Waals surface area contributed by atoms with Gasteiger partial charge in [-0.25, -0.2) is 0 Å². The number of hydrogen-bond acceptors (Lipinski definition) is 5. The second-order valence-electron chi connectivity index (χ2n) is 4.01. The monoisotopic (exact) mass is 241 g/mol. The molecule has 2 N–H and O–H groups in total. The van der Waals surface area contributed by atoms with Crippen molar-refractivity contribution in [3.63, 3.8) is 0 Å². The fourth-order valence-electron chi connectivity index (χ4n) is 1.29. The van der Waals surface area contributed by atoms with Crippen LogP contribution in [0.15, 0.2) is 4.52 Å². The quantitative estimate of drug-likeness (QED) is 0.723. The third kappa shape index (κ3) is 5.44. The minimum absolute atomic E-state index is 0.124. The molecule has 96 valence electrons. The van der Waals surface area contributed by atoms with Gasteiger partial charge in [0.1, 0.15) is 0 Å². The molecule has 1 aromatic rings. The third-order valence-corrected chi connectivity index (χ3v) is 2.14. The molecule has 0 bridgehead atoms. The Balaban J connectivity index is 2.26. The molecule has 6 heteroatoms. The third-order valence-electron chi connectivity index (χ3n) is 2.14. The maximum atomic E-state index is 11.3. The molecule has 1 heterocycles. The smallest absolute Gasteiger partial charge is 0.227 e. The highest BCUT2D eigenvalue weighted by molar-refractivity contribution is 5.75. The summed E-state index contributed by atoms with van der Waals surface area (Å²) in [6.45, 7) is 3.93. The predicted octanol–water partition coefficient (Wildman–Crippen LogP) is 0.452. The first-order valence-electron chi connectivity index (χ1n) is 5.88. The van der Waals surface area contributed by atoms with Crippen molar-refractivity contribution >= 4 is 5.91 Å². The van der Waals surface area contributed by atoms with Crippen LogP contribution in [0.3, 0.4) is 0 Å². The van der Waals surface area contributed by atoms with Gasteiger partial charge in [0.15, 0.2) is 5.82 Å². The molecule has 1 atom stereocenters. The van der Waals surface area contributed by atoms with Gasteiger partial charge in [0, 0.05) is 25.8 Å². The fourth-order valence-corrected chi connectivity index (χ4v) is 1.29. The van der Waals surface area contributed by atoms with Crippen LogP contribution in [0.2, 0.25) is 0 Å². The van der Waals surface area contributed by atoms with E-state index >= 15 is 0 Å². The molecule has 1 aromatic heterocycles. The summed E-state index contributed by atoms with van der Waals surface area (Å²) in [5.74, 6) is 1.05. The Morgan fingerprint density at radius 3 is 2.94 bits per heavy atom. The highest BCUT2D eigenvalue weighted by Gasteiger charge is 2.08. The maximum Gasteiger partial charge on any atom is 0.227 e. The zero-order chi connectivity index (χ0) is 12.7. The molecule has 17 heavy (non-hydrogen) atoms. The Hall–Kier alpha value is -1.43. The zero-order valence-corrected chi connectivity index (χ0v) is 10.3. The Labute approximate surface area is 100 Å². The van der Waals surface area contributed by atoms with Gasteiger partial charge in [-0.3, -0.25) is 4.79 Å². The van der Waals surface area contributed by atoms with E-state index in [0.717, 1.165) is 12.8 Å². The lowest BCUT2D eigenvalue weighted by molar-refractivity contribution is -0.121. The van der Waals surface area contributed by atoms with Crippen LogP contribution in [0.5, 0.6) is 0 Å². The van der Waals surface area contributed by atoms with E-state index in [4.69, 9.17) is 9.63 Å². The topological polar surface area (TPSA) is 88.2 Å². The number of carbonyl (C=O) groups excluding carboxylic acids is 1. The van der Waals surface area contributed by atoms with Crippen LogP contribution in [0.4, 0.5) is 0 Å². The van der Waals surface area contributed by atoms with Crippen LogP contribution in [-0.4, -0.2) is 33.8 Å². The Morgan fingerprint density at radius 2 is 2.29 bits per heavy atom. The molecular weight excluding hydrogens is 222 g/mol. The summed E-state index contributed by atoms with van der Waals surface area (Å²) >= 11 is 0. The summed E-state index contributed by atoms with van der Waals surface area (Å²) in [5.41, 5.74) is 0. The fraction of sp³-hybridized carbons (Fsp3) is 0.727. The first-order valence-corrected chi connectivity index (χ1v) is 5.88. The van der Waals surface area contributed by atoms with Gasteiger partial charge in [-0.2, -0.15) is 4.98 Å². The number of nitrogens with zero attached hydrogens (tertiary/aromatic N) is 2. The molecule has 0 radical (unpaired) electrons. The number of nitrogens with one attached hydrogen (secondary N) is 1. The van der Waals surface area contributed by atoms with Crippen molar-refractivity contribution < 1.29 is 14.4 Å². The predicted molar refractivity (Wildman–Crippen MR) is 61.3 cm³/mol. The summed E-state index contributed by atoms with van der Waals surface area (Å²) in [4.78, 5) is 15.5. The largest absolute Gasteiger partial charge is 0.392 e. The lowest BCUT2D eigenvalue weighted by Crippen LogP contribution is -2.30. The SMILES string of the molecule is CCCc1noc(CCC(=O)NCC(C)O)n1. The molecule has 0 aliphatic heterocycles. The summed E-state index contributed by atoms with van der Waals surface area (Å²) in [5, 5.41) is 15.4. The van der Waals surface area contributed by atoms with Crippen LogP contribution < -0.4 is 5.32 Å². The van der Waals surface area contributed by atoms with Gasteiger partial charge in [-0.1, -0.05) is 12.1 Å². The Kier molecular flexibility index (Phi) is 5.62. The minimum Gasteiger partial charge on any atom is -0.392 e. The summed E-state index contributed by atoms with van der Waals surface area (Å²) in [7, 11) is 0. The highest BCUT2D eigenvalue weighted by Crippen LogP contribution is 2.02. The van der Waals surface area contributed by atoms with Gasteiger partial charge >= 0.3 is 0 Å². The normalized spacial score (nSPS) is 12.4. The second kappa shape index (κ2) is 7.01. The zero-order valence-electron chi connectivity index (χ0n) is 10.3. The average molecular weight is 241 g/mol. The van der Waals surface area contributed by atoms with Crippen molar-refractivity contribution in [1.29, 1.82) is 0 Å². The summed E-state index contributed by atoms with van der Waals surface area (Å²) in [6.07, 6.45) is 1.95. The van der Waals surface area contributed by atoms with Crippen molar-refractivity contribution in [2.24, 2.45) is 0 Å². The van der Waals surface area contributed by atoms with Gasteiger partial charge in [-0.05, 0) is 13.3 Å². The van der Waals surface area contributed by atoms with Crippen molar-refractivity contribution in [1.82, 2.24) is 15.5 Å². The number of rotatable bonds is 7. The number of aliphatic hydroxyl groups excluding tert-OH is 1. The van der Waals surface area contributed by atoms with E-state index in [1.54, 1.807) is 6.92 Å². The molecule has 0 aliphatic rings. The molecule has 1 unspecified atom stereocenters. The summed E-state index contributed by atoms with van der Waals surface area (Å²) < 4.78 is 5.00. The number of carbonyl (C=O) groups is 1. The Bertz CT molecular complexity index is 349. The van der Waals surface area contributed by atoms with Crippen molar-refractivity contribution in [3.05, 3.63) is 11.7 Å². The van der Waals surface area contributed by atoms with E-state index in [0.29, 0.717) is 24.6 Å².